The Morgan fingerprint density at radius 2 is 2.16 bits per heavy atom. The standard InChI is InChI=1S/C15H18FNOS/c1-4-18-14-6-5-12(9-13(14)16)17-11(3)15-10(2)7-8-19-15/h5-9,11,17H,4H2,1-3H3. The Hall–Kier alpha value is -1.55. The summed E-state index contributed by atoms with van der Waals surface area (Å²) in [4.78, 5) is 1.27. The molecule has 0 fully saturated rings. The molecule has 102 valence electrons. The lowest BCUT2D eigenvalue weighted by molar-refractivity contribution is 0.321. The largest absolute Gasteiger partial charge is 0.491 e. The van der Waals surface area contributed by atoms with Crippen molar-refractivity contribution in [1.29, 1.82) is 0 Å². The Balaban J connectivity index is 2.11. The molecule has 1 aromatic carbocycles. The lowest BCUT2D eigenvalue weighted by Gasteiger charge is -2.15. The second kappa shape index (κ2) is 6.06. The minimum Gasteiger partial charge on any atom is -0.491 e. The average Bonchev–Trinajstić information content (AvgIpc) is 2.79. The third kappa shape index (κ3) is 3.26. The molecule has 0 bridgehead atoms. The second-order valence-electron chi connectivity index (χ2n) is 4.41. The first kappa shape index (κ1) is 13.9. The molecule has 1 atom stereocenters. The van der Waals surface area contributed by atoms with Gasteiger partial charge in [0.2, 0.25) is 0 Å². The molecule has 2 aromatic rings. The summed E-state index contributed by atoms with van der Waals surface area (Å²) in [5, 5.41) is 5.38. The van der Waals surface area contributed by atoms with Crippen LogP contribution in [0.3, 0.4) is 0 Å². The normalized spacial score (nSPS) is 12.2. The number of aryl methyl sites for hydroxylation is 1. The van der Waals surface area contributed by atoms with Crippen molar-refractivity contribution in [3.63, 3.8) is 0 Å². The first-order valence-corrected chi connectivity index (χ1v) is 7.22. The molecule has 0 spiro atoms. The van der Waals surface area contributed by atoms with Crippen LogP contribution < -0.4 is 10.1 Å². The van der Waals surface area contributed by atoms with E-state index in [1.807, 2.05) is 13.0 Å². The molecule has 0 aliphatic carbocycles. The van der Waals surface area contributed by atoms with E-state index in [4.69, 9.17) is 4.74 Å². The summed E-state index contributed by atoms with van der Waals surface area (Å²) in [6, 6.07) is 7.24. The van der Waals surface area contributed by atoms with Gasteiger partial charge in [-0.3, -0.25) is 0 Å². The summed E-state index contributed by atoms with van der Waals surface area (Å²) >= 11 is 1.71. The van der Waals surface area contributed by atoms with Gasteiger partial charge >= 0.3 is 0 Å². The number of ether oxygens (including phenoxy) is 1. The number of anilines is 1. The first-order chi connectivity index (χ1) is 9.11. The molecular formula is C15H18FNOS. The number of halogens is 1. The van der Waals surface area contributed by atoms with Crippen molar-refractivity contribution in [1.82, 2.24) is 0 Å². The number of hydrogen-bond donors (Lipinski definition) is 1. The highest BCUT2D eigenvalue weighted by molar-refractivity contribution is 7.10. The Kier molecular flexibility index (Phi) is 4.43. The summed E-state index contributed by atoms with van der Waals surface area (Å²) in [6.07, 6.45) is 0. The molecule has 0 radical (unpaired) electrons. The molecule has 19 heavy (non-hydrogen) atoms. The van der Waals surface area contributed by atoms with Gasteiger partial charge in [-0.2, -0.15) is 0 Å². The molecule has 0 saturated heterocycles. The summed E-state index contributed by atoms with van der Waals surface area (Å²) in [5.41, 5.74) is 2.03. The quantitative estimate of drug-likeness (QED) is 0.851. The van der Waals surface area contributed by atoms with E-state index in [1.54, 1.807) is 17.4 Å². The smallest absolute Gasteiger partial charge is 0.167 e. The van der Waals surface area contributed by atoms with Gasteiger partial charge in [-0.1, -0.05) is 0 Å². The van der Waals surface area contributed by atoms with Crippen molar-refractivity contribution in [2.45, 2.75) is 26.8 Å². The predicted octanol–water partition coefficient (Wildman–Crippen LogP) is 4.77. The zero-order chi connectivity index (χ0) is 13.8. The summed E-state index contributed by atoms with van der Waals surface area (Å²) in [5.74, 6) is -0.0324. The average molecular weight is 279 g/mol. The van der Waals surface area contributed by atoms with Gasteiger partial charge in [0, 0.05) is 16.6 Å². The van der Waals surface area contributed by atoms with E-state index in [-0.39, 0.29) is 11.9 Å². The van der Waals surface area contributed by atoms with Crippen molar-refractivity contribution >= 4 is 17.0 Å². The zero-order valence-corrected chi connectivity index (χ0v) is 12.2. The fourth-order valence-corrected chi connectivity index (χ4v) is 2.94. The summed E-state index contributed by atoms with van der Waals surface area (Å²) in [6.45, 7) is 6.47. The van der Waals surface area contributed by atoms with Crippen LogP contribution in [0.2, 0.25) is 0 Å². The third-order valence-electron chi connectivity index (χ3n) is 2.91. The van der Waals surface area contributed by atoms with E-state index in [1.165, 1.54) is 16.5 Å². The van der Waals surface area contributed by atoms with E-state index in [2.05, 4.69) is 30.6 Å². The molecule has 0 aliphatic heterocycles. The topological polar surface area (TPSA) is 21.3 Å². The maximum atomic E-state index is 13.7. The van der Waals surface area contributed by atoms with Crippen LogP contribution in [-0.2, 0) is 0 Å². The van der Waals surface area contributed by atoms with Crippen molar-refractivity contribution in [2.75, 3.05) is 11.9 Å². The molecule has 1 aromatic heterocycles. The number of rotatable bonds is 5. The van der Waals surface area contributed by atoms with Crippen molar-refractivity contribution in [3.8, 4) is 5.75 Å². The van der Waals surface area contributed by atoms with Crippen LogP contribution in [0.1, 0.15) is 30.3 Å². The van der Waals surface area contributed by atoms with Crippen LogP contribution in [0.15, 0.2) is 29.6 Å². The Labute approximate surface area is 117 Å². The first-order valence-electron chi connectivity index (χ1n) is 6.34. The van der Waals surface area contributed by atoms with Crippen LogP contribution in [0, 0.1) is 12.7 Å². The number of benzene rings is 1. The minimum absolute atomic E-state index is 0.164. The van der Waals surface area contributed by atoms with Crippen LogP contribution in [-0.4, -0.2) is 6.61 Å². The Bertz CT molecular complexity index is 553. The van der Waals surface area contributed by atoms with Crippen molar-refractivity contribution in [2.24, 2.45) is 0 Å². The van der Waals surface area contributed by atoms with Gasteiger partial charge in [0.25, 0.3) is 0 Å². The van der Waals surface area contributed by atoms with Crippen molar-refractivity contribution < 1.29 is 9.13 Å². The SMILES string of the molecule is CCOc1ccc(NC(C)c2sccc2C)cc1F. The lowest BCUT2D eigenvalue weighted by Crippen LogP contribution is -2.06. The number of nitrogens with one attached hydrogen (secondary N) is 1. The van der Waals surface area contributed by atoms with Crippen molar-refractivity contribution in [3.05, 3.63) is 45.9 Å². The monoisotopic (exact) mass is 279 g/mol. The second-order valence-corrected chi connectivity index (χ2v) is 5.36. The van der Waals surface area contributed by atoms with Crippen LogP contribution >= 0.6 is 11.3 Å². The van der Waals surface area contributed by atoms with Crippen LogP contribution in [0.4, 0.5) is 10.1 Å². The van der Waals surface area contributed by atoms with E-state index in [0.717, 1.165) is 5.69 Å². The molecular weight excluding hydrogens is 261 g/mol. The van der Waals surface area contributed by atoms with Gasteiger partial charge in [-0.25, -0.2) is 4.39 Å². The summed E-state index contributed by atoms with van der Waals surface area (Å²) < 4.78 is 18.9. The molecule has 0 aliphatic rings. The highest BCUT2D eigenvalue weighted by Gasteiger charge is 2.11. The lowest BCUT2D eigenvalue weighted by atomic mass is 10.2. The van der Waals surface area contributed by atoms with Gasteiger partial charge in [-0.05, 0) is 49.9 Å². The van der Waals surface area contributed by atoms with Gasteiger partial charge in [0.15, 0.2) is 11.6 Å². The highest BCUT2D eigenvalue weighted by Crippen LogP contribution is 2.28. The van der Waals surface area contributed by atoms with Crippen LogP contribution in [0.5, 0.6) is 5.75 Å². The fraction of sp³-hybridized carbons (Fsp3) is 0.333. The number of hydrogen-bond acceptors (Lipinski definition) is 3. The van der Waals surface area contributed by atoms with E-state index >= 15 is 0 Å². The predicted molar refractivity (Wildman–Crippen MR) is 78.7 cm³/mol. The Morgan fingerprint density at radius 1 is 1.37 bits per heavy atom. The summed E-state index contributed by atoms with van der Waals surface area (Å²) in [7, 11) is 0. The van der Waals surface area contributed by atoms with Gasteiger partial charge in [-0.15, -0.1) is 11.3 Å². The maximum absolute atomic E-state index is 13.7. The van der Waals surface area contributed by atoms with E-state index in [9.17, 15) is 4.39 Å². The highest BCUT2D eigenvalue weighted by atomic mass is 32.1. The Morgan fingerprint density at radius 3 is 2.74 bits per heavy atom. The molecule has 0 saturated carbocycles. The third-order valence-corrected chi connectivity index (χ3v) is 4.11. The number of thiophene rings is 1. The molecule has 2 nitrogen and oxygen atoms in total. The molecule has 2 rings (SSSR count). The molecule has 4 heteroatoms. The maximum Gasteiger partial charge on any atom is 0.167 e. The fourth-order valence-electron chi connectivity index (χ4n) is 2.01. The zero-order valence-electron chi connectivity index (χ0n) is 11.4. The van der Waals surface area contributed by atoms with Gasteiger partial charge in [0.1, 0.15) is 0 Å². The molecule has 1 heterocycles. The van der Waals surface area contributed by atoms with Gasteiger partial charge in [0.05, 0.1) is 12.6 Å². The minimum atomic E-state index is -0.332. The molecule has 1 unspecified atom stereocenters. The van der Waals surface area contributed by atoms with E-state index in [0.29, 0.717) is 12.4 Å². The van der Waals surface area contributed by atoms with Crippen LogP contribution in [0.25, 0.3) is 0 Å². The molecule has 0 amide bonds. The van der Waals surface area contributed by atoms with E-state index < -0.39 is 0 Å². The molecule has 1 N–H and O–H groups in total. The van der Waals surface area contributed by atoms with Gasteiger partial charge < -0.3 is 10.1 Å².